The van der Waals surface area contributed by atoms with Crippen molar-refractivity contribution >= 4 is 18.4 Å². The Balaban J connectivity index is 0.00000225. The fourth-order valence-corrected chi connectivity index (χ4v) is 2.87. The lowest BCUT2D eigenvalue weighted by Gasteiger charge is -2.22. The average molecular weight is 366 g/mol. The minimum Gasteiger partial charge on any atom is -0.337 e. The summed E-state index contributed by atoms with van der Waals surface area (Å²) in [4.78, 5) is 16.2. The predicted octanol–water partition coefficient (Wildman–Crippen LogP) is 2.75. The molecule has 136 valence electrons. The third-order valence-corrected chi connectivity index (χ3v) is 4.26. The van der Waals surface area contributed by atoms with Gasteiger partial charge in [0.2, 0.25) is 11.7 Å². The fraction of sp³-hybridized carbons (Fsp3) is 0.471. The van der Waals surface area contributed by atoms with Gasteiger partial charge in [0, 0.05) is 18.2 Å². The number of halogens is 1. The number of amides is 2. The van der Waals surface area contributed by atoms with Crippen molar-refractivity contribution in [3.63, 3.8) is 0 Å². The monoisotopic (exact) mass is 365 g/mol. The van der Waals surface area contributed by atoms with Crippen LogP contribution in [0.4, 0.5) is 4.79 Å². The number of nitrogens with one attached hydrogen (secondary N) is 2. The number of hydrogen-bond acceptors (Lipinski definition) is 5. The van der Waals surface area contributed by atoms with Gasteiger partial charge in [-0.2, -0.15) is 4.98 Å². The van der Waals surface area contributed by atoms with Crippen molar-refractivity contribution in [3.8, 4) is 11.4 Å². The molecule has 2 aromatic rings. The maximum Gasteiger partial charge on any atom is 0.315 e. The van der Waals surface area contributed by atoms with Crippen LogP contribution < -0.4 is 16.4 Å². The first-order chi connectivity index (χ1) is 11.7. The molecule has 1 aliphatic carbocycles. The van der Waals surface area contributed by atoms with Gasteiger partial charge in [-0.05, 0) is 18.4 Å². The fourth-order valence-electron chi connectivity index (χ4n) is 2.87. The van der Waals surface area contributed by atoms with E-state index >= 15 is 0 Å². The predicted molar refractivity (Wildman–Crippen MR) is 97.1 cm³/mol. The molecule has 0 bridgehead atoms. The van der Waals surface area contributed by atoms with E-state index in [2.05, 4.69) is 20.8 Å². The minimum atomic E-state index is -0.186. The van der Waals surface area contributed by atoms with Crippen LogP contribution in [0.25, 0.3) is 11.4 Å². The summed E-state index contributed by atoms with van der Waals surface area (Å²) in [7, 11) is 0. The van der Waals surface area contributed by atoms with Crippen LogP contribution >= 0.6 is 12.4 Å². The van der Waals surface area contributed by atoms with E-state index < -0.39 is 0 Å². The molecule has 1 fully saturated rings. The van der Waals surface area contributed by atoms with Gasteiger partial charge in [-0.1, -0.05) is 48.7 Å². The maximum absolute atomic E-state index is 11.9. The normalized spacial score (nSPS) is 14.6. The Kier molecular flexibility index (Phi) is 7.21. The molecule has 0 spiro atoms. The van der Waals surface area contributed by atoms with E-state index in [-0.39, 0.29) is 31.0 Å². The van der Waals surface area contributed by atoms with Crippen molar-refractivity contribution in [1.29, 1.82) is 0 Å². The molecule has 8 heteroatoms. The number of nitrogens with two attached hydrogens (primary N) is 1. The van der Waals surface area contributed by atoms with Crippen LogP contribution in [0.1, 0.15) is 43.6 Å². The van der Waals surface area contributed by atoms with Crippen LogP contribution in [0, 0.1) is 0 Å². The largest absolute Gasteiger partial charge is 0.337 e. The molecule has 0 saturated heterocycles. The van der Waals surface area contributed by atoms with Crippen molar-refractivity contribution < 1.29 is 9.32 Å². The first-order valence-corrected chi connectivity index (χ1v) is 8.41. The third-order valence-electron chi connectivity index (χ3n) is 4.26. The van der Waals surface area contributed by atoms with E-state index in [1.807, 2.05) is 24.3 Å². The quantitative estimate of drug-likeness (QED) is 0.755. The summed E-state index contributed by atoms with van der Waals surface area (Å²) in [5.74, 6) is 0.884. The molecular formula is C17H24ClN5O2. The Hall–Kier alpha value is -2.12. The SMILES string of the molecule is Cl.NCc1ccc(-c2noc(CNC(=O)NC3CCCCC3)n2)cc1. The molecule has 2 amide bonds. The number of carbonyl (C=O) groups is 1. The highest BCUT2D eigenvalue weighted by Crippen LogP contribution is 2.18. The molecule has 1 aromatic heterocycles. The van der Waals surface area contributed by atoms with Crippen LogP contribution in [0.2, 0.25) is 0 Å². The molecule has 7 nitrogen and oxygen atoms in total. The highest BCUT2D eigenvalue weighted by atomic mass is 35.5. The topological polar surface area (TPSA) is 106 Å². The number of nitrogens with zero attached hydrogens (tertiary/aromatic N) is 2. The van der Waals surface area contributed by atoms with E-state index in [4.69, 9.17) is 10.3 Å². The number of urea groups is 1. The lowest BCUT2D eigenvalue weighted by atomic mass is 9.96. The molecule has 0 atom stereocenters. The Morgan fingerprint density at radius 1 is 1.20 bits per heavy atom. The molecule has 4 N–H and O–H groups in total. The second-order valence-electron chi connectivity index (χ2n) is 6.07. The van der Waals surface area contributed by atoms with Crippen molar-refractivity contribution in [2.45, 2.75) is 51.2 Å². The standard InChI is InChI=1S/C17H23N5O2.ClH/c18-10-12-6-8-13(9-7-12)16-21-15(24-22-16)11-19-17(23)20-14-4-2-1-3-5-14;/h6-9,14H,1-5,10-11,18H2,(H2,19,20,23);1H. The molecular weight excluding hydrogens is 342 g/mol. The molecule has 1 heterocycles. The minimum absolute atomic E-state index is 0. The summed E-state index contributed by atoms with van der Waals surface area (Å²) in [5.41, 5.74) is 7.48. The second-order valence-corrected chi connectivity index (χ2v) is 6.07. The van der Waals surface area contributed by atoms with Crippen molar-refractivity contribution in [2.75, 3.05) is 0 Å². The smallest absolute Gasteiger partial charge is 0.315 e. The first-order valence-electron chi connectivity index (χ1n) is 8.41. The van der Waals surface area contributed by atoms with Gasteiger partial charge in [-0.15, -0.1) is 12.4 Å². The van der Waals surface area contributed by atoms with Gasteiger partial charge in [0.05, 0.1) is 6.54 Å². The first kappa shape index (κ1) is 19.2. The van der Waals surface area contributed by atoms with Gasteiger partial charge in [0.1, 0.15) is 0 Å². The average Bonchev–Trinajstić information content (AvgIpc) is 3.10. The summed E-state index contributed by atoms with van der Waals surface area (Å²) in [6.45, 7) is 0.713. The van der Waals surface area contributed by atoms with E-state index in [9.17, 15) is 4.79 Å². The zero-order chi connectivity index (χ0) is 16.8. The number of carbonyl (C=O) groups excluding carboxylic acids is 1. The molecule has 0 unspecified atom stereocenters. The van der Waals surface area contributed by atoms with Crippen LogP contribution in [-0.4, -0.2) is 22.2 Å². The second kappa shape index (κ2) is 9.39. The molecule has 0 aliphatic heterocycles. The Morgan fingerprint density at radius 3 is 2.60 bits per heavy atom. The highest BCUT2D eigenvalue weighted by molar-refractivity contribution is 5.85. The lowest BCUT2D eigenvalue weighted by Crippen LogP contribution is -2.42. The van der Waals surface area contributed by atoms with Crippen LogP contribution in [0.5, 0.6) is 0 Å². The van der Waals surface area contributed by atoms with Gasteiger partial charge in [-0.3, -0.25) is 0 Å². The van der Waals surface area contributed by atoms with E-state index in [1.165, 1.54) is 19.3 Å². The molecule has 1 saturated carbocycles. The molecule has 1 aliphatic rings. The summed E-state index contributed by atoms with van der Waals surface area (Å²) in [5, 5.41) is 9.70. The van der Waals surface area contributed by atoms with Crippen LogP contribution in [-0.2, 0) is 13.1 Å². The van der Waals surface area contributed by atoms with Gasteiger partial charge in [0.25, 0.3) is 0 Å². The van der Waals surface area contributed by atoms with Gasteiger partial charge < -0.3 is 20.9 Å². The number of rotatable bonds is 5. The molecule has 3 rings (SSSR count). The Labute approximate surface area is 153 Å². The van der Waals surface area contributed by atoms with Crippen molar-refractivity contribution in [3.05, 3.63) is 35.7 Å². The van der Waals surface area contributed by atoms with Crippen molar-refractivity contribution in [1.82, 2.24) is 20.8 Å². The van der Waals surface area contributed by atoms with E-state index in [0.29, 0.717) is 18.3 Å². The molecule has 1 aromatic carbocycles. The van der Waals surface area contributed by atoms with E-state index in [0.717, 1.165) is 24.0 Å². The zero-order valence-corrected chi connectivity index (χ0v) is 14.8. The Morgan fingerprint density at radius 2 is 1.92 bits per heavy atom. The molecule has 25 heavy (non-hydrogen) atoms. The maximum atomic E-state index is 11.9. The van der Waals surface area contributed by atoms with Gasteiger partial charge in [-0.25, -0.2) is 4.79 Å². The summed E-state index contributed by atoms with van der Waals surface area (Å²) >= 11 is 0. The highest BCUT2D eigenvalue weighted by Gasteiger charge is 2.16. The summed E-state index contributed by atoms with van der Waals surface area (Å²) < 4.78 is 5.19. The van der Waals surface area contributed by atoms with Gasteiger partial charge in [0.15, 0.2) is 0 Å². The van der Waals surface area contributed by atoms with Crippen molar-refractivity contribution in [2.24, 2.45) is 5.73 Å². The van der Waals surface area contributed by atoms with Crippen LogP contribution in [0.15, 0.2) is 28.8 Å². The number of benzene rings is 1. The summed E-state index contributed by atoms with van der Waals surface area (Å²) in [6, 6.07) is 7.76. The molecule has 0 radical (unpaired) electrons. The lowest BCUT2D eigenvalue weighted by molar-refractivity contribution is 0.230. The number of hydrogen-bond donors (Lipinski definition) is 3. The van der Waals surface area contributed by atoms with E-state index in [1.54, 1.807) is 0 Å². The zero-order valence-electron chi connectivity index (χ0n) is 14.0. The van der Waals surface area contributed by atoms with Gasteiger partial charge >= 0.3 is 6.03 Å². The Bertz CT molecular complexity index is 668. The third kappa shape index (κ3) is 5.44. The summed E-state index contributed by atoms with van der Waals surface area (Å²) in [6.07, 6.45) is 5.73. The van der Waals surface area contributed by atoms with Crippen LogP contribution in [0.3, 0.4) is 0 Å². The number of aromatic nitrogens is 2.